The zero-order valence-electron chi connectivity index (χ0n) is 13.9. The van der Waals surface area contributed by atoms with Gasteiger partial charge in [0.05, 0.1) is 13.2 Å². The van der Waals surface area contributed by atoms with Crippen LogP contribution in [0.2, 0.25) is 0 Å². The SMILES string of the molecule is CCCCN(NC(=O)C(=O)OCC)C(=O)CN(N)CC(C)C. The zero-order chi connectivity index (χ0) is 17.1. The van der Waals surface area contributed by atoms with E-state index in [2.05, 4.69) is 10.2 Å². The average molecular weight is 316 g/mol. The molecule has 0 unspecified atom stereocenters. The molecule has 8 heteroatoms. The zero-order valence-corrected chi connectivity index (χ0v) is 13.9. The van der Waals surface area contributed by atoms with Crippen molar-refractivity contribution >= 4 is 17.8 Å². The second kappa shape index (κ2) is 11.0. The molecule has 0 aromatic rings. The number of hydrogen-bond acceptors (Lipinski definition) is 6. The van der Waals surface area contributed by atoms with Crippen LogP contribution in [0.5, 0.6) is 0 Å². The molecule has 0 aromatic carbocycles. The first-order chi connectivity index (χ1) is 10.3. The van der Waals surface area contributed by atoms with Gasteiger partial charge in [0, 0.05) is 13.1 Å². The van der Waals surface area contributed by atoms with Gasteiger partial charge in [-0.15, -0.1) is 0 Å². The van der Waals surface area contributed by atoms with Crippen molar-refractivity contribution < 1.29 is 19.1 Å². The van der Waals surface area contributed by atoms with E-state index < -0.39 is 11.9 Å². The lowest BCUT2D eigenvalue weighted by atomic mass is 10.2. The Morgan fingerprint density at radius 3 is 2.36 bits per heavy atom. The van der Waals surface area contributed by atoms with Crippen molar-refractivity contribution in [2.75, 3.05) is 26.2 Å². The second-order valence-corrected chi connectivity index (χ2v) is 5.38. The first-order valence-electron chi connectivity index (χ1n) is 7.59. The highest BCUT2D eigenvalue weighted by Gasteiger charge is 2.22. The van der Waals surface area contributed by atoms with Gasteiger partial charge in [-0.1, -0.05) is 27.2 Å². The molecular weight excluding hydrogens is 288 g/mol. The van der Waals surface area contributed by atoms with Gasteiger partial charge in [-0.3, -0.25) is 25.9 Å². The third kappa shape index (κ3) is 8.58. The van der Waals surface area contributed by atoms with Crippen LogP contribution < -0.4 is 11.3 Å². The van der Waals surface area contributed by atoms with Crippen molar-refractivity contribution in [2.45, 2.75) is 40.5 Å². The number of nitrogens with zero attached hydrogens (tertiary/aromatic N) is 2. The van der Waals surface area contributed by atoms with Crippen LogP contribution in [0.3, 0.4) is 0 Å². The molecule has 0 aliphatic heterocycles. The number of rotatable bonds is 8. The van der Waals surface area contributed by atoms with Crippen LogP contribution in [0.4, 0.5) is 0 Å². The van der Waals surface area contributed by atoms with Crippen molar-refractivity contribution in [2.24, 2.45) is 11.8 Å². The number of nitrogens with two attached hydrogens (primary N) is 1. The summed E-state index contributed by atoms with van der Waals surface area (Å²) >= 11 is 0. The molecule has 0 saturated heterocycles. The summed E-state index contributed by atoms with van der Waals surface area (Å²) in [6.07, 6.45) is 1.54. The summed E-state index contributed by atoms with van der Waals surface area (Å²) in [6.45, 7) is 8.47. The Kier molecular flexibility index (Phi) is 10.1. The second-order valence-electron chi connectivity index (χ2n) is 5.38. The molecule has 0 rings (SSSR count). The van der Waals surface area contributed by atoms with Gasteiger partial charge in [0.2, 0.25) is 0 Å². The van der Waals surface area contributed by atoms with E-state index in [0.717, 1.165) is 11.4 Å². The van der Waals surface area contributed by atoms with E-state index in [9.17, 15) is 14.4 Å². The fraction of sp³-hybridized carbons (Fsp3) is 0.786. The van der Waals surface area contributed by atoms with Gasteiger partial charge in [0.25, 0.3) is 5.91 Å². The number of hydrazine groups is 2. The number of esters is 1. The molecule has 0 heterocycles. The first kappa shape index (κ1) is 20.3. The fourth-order valence-corrected chi connectivity index (χ4v) is 1.72. The molecule has 0 aliphatic carbocycles. The Hall–Kier alpha value is -1.67. The van der Waals surface area contributed by atoms with Crippen LogP contribution in [0.25, 0.3) is 0 Å². The number of carbonyl (C=O) groups is 3. The lowest BCUT2D eigenvalue weighted by Crippen LogP contribution is -2.53. The maximum absolute atomic E-state index is 12.2. The number of unbranched alkanes of at least 4 members (excludes halogenated alkanes) is 1. The van der Waals surface area contributed by atoms with Crippen LogP contribution in [0, 0.1) is 5.92 Å². The molecule has 0 atom stereocenters. The summed E-state index contributed by atoms with van der Waals surface area (Å²) < 4.78 is 4.60. The molecule has 128 valence electrons. The third-order valence-corrected chi connectivity index (χ3v) is 2.67. The van der Waals surface area contributed by atoms with Gasteiger partial charge >= 0.3 is 11.9 Å². The molecule has 0 aliphatic rings. The van der Waals surface area contributed by atoms with Crippen LogP contribution in [-0.4, -0.2) is 54.0 Å². The van der Waals surface area contributed by atoms with Crippen molar-refractivity contribution in [3.63, 3.8) is 0 Å². The topological polar surface area (TPSA) is 105 Å². The van der Waals surface area contributed by atoms with Gasteiger partial charge in [-0.25, -0.2) is 9.80 Å². The minimum Gasteiger partial charge on any atom is -0.459 e. The molecule has 0 spiro atoms. The number of carbonyl (C=O) groups excluding carboxylic acids is 3. The van der Waals surface area contributed by atoms with E-state index in [1.54, 1.807) is 6.92 Å². The fourth-order valence-electron chi connectivity index (χ4n) is 1.72. The Bertz CT molecular complexity index is 374. The largest absolute Gasteiger partial charge is 0.459 e. The highest BCUT2D eigenvalue weighted by atomic mass is 16.5. The lowest BCUT2D eigenvalue weighted by Gasteiger charge is -2.25. The number of hydrogen-bond donors (Lipinski definition) is 2. The van der Waals surface area contributed by atoms with Crippen LogP contribution in [0.1, 0.15) is 40.5 Å². The van der Waals surface area contributed by atoms with E-state index in [0.29, 0.717) is 25.4 Å². The molecule has 2 amide bonds. The van der Waals surface area contributed by atoms with Gasteiger partial charge in [0.15, 0.2) is 0 Å². The minimum absolute atomic E-state index is 0.0367. The summed E-state index contributed by atoms with van der Waals surface area (Å²) in [5.74, 6) is 3.74. The van der Waals surface area contributed by atoms with Crippen molar-refractivity contribution in [1.29, 1.82) is 0 Å². The summed E-state index contributed by atoms with van der Waals surface area (Å²) in [5, 5.41) is 2.52. The Morgan fingerprint density at radius 2 is 1.86 bits per heavy atom. The van der Waals surface area contributed by atoms with Gasteiger partial charge in [-0.05, 0) is 19.3 Å². The molecule has 0 saturated carbocycles. The normalized spacial score (nSPS) is 10.7. The van der Waals surface area contributed by atoms with E-state index in [1.807, 2.05) is 20.8 Å². The predicted molar refractivity (Wildman–Crippen MR) is 82.0 cm³/mol. The minimum atomic E-state index is -1.01. The van der Waals surface area contributed by atoms with Gasteiger partial charge in [-0.2, -0.15) is 0 Å². The monoisotopic (exact) mass is 316 g/mol. The molecular formula is C14H28N4O4. The molecule has 22 heavy (non-hydrogen) atoms. The average Bonchev–Trinajstić information content (AvgIpc) is 2.42. The van der Waals surface area contributed by atoms with Crippen molar-refractivity contribution in [3.05, 3.63) is 0 Å². The Balaban J connectivity index is 4.63. The summed E-state index contributed by atoms with van der Waals surface area (Å²) in [4.78, 5) is 35.2. The number of amides is 2. The molecule has 3 N–H and O–H groups in total. The standard InChI is InChI=1S/C14H28N4O4/c1-5-7-8-18(16-13(20)14(21)22-6-2)12(19)10-17(15)9-11(3)4/h11H,5-10,15H2,1-4H3,(H,16,20). The Labute approximate surface area is 131 Å². The third-order valence-electron chi connectivity index (χ3n) is 2.67. The summed E-state index contributed by atoms with van der Waals surface area (Å²) in [6, 6.07) is 0. The Morgan fingerprint density at radius 1 is 1.23 bits per heavy atom. The smallest absolute Gasteiger partial charge is 0.398 e. The molecule has 0 bridgehead atoms. The maximum Gasteiger partial charge on any atom is 0.398 e. The first-order valence-corrected chi connectivity index (χ1v) is 7.59. The van der Waals surface area contributed by atoms with E-state index in [1.165, 1.54) is 5.01 Å². The lowest BCUT2D eigenvalue weighted by molar-refractivity contribution is -0.158. The molecule has 8 nitrogen and oxygen atoms in total. The van der Waals surface area contributed by atoms with E-state index in [-0.39, 0.29) is 19.1 Å². The van der Waals surface area contributed by atoms with Gasteiger partial charge in [0.1, 0.15) is 0 Å². The highest BCUT2D eigenvalue weighted by molar-refractivity contribution is 6.32. The van der Waals surface area contributed by atoms with Gasteiger partial charge < -0.3 is 4.74 Å². The van der Waals surface area contributed by atoms with Crippen molar-refractivity contribution in [3.8, 4) is 0 Å². The number of nitrogens with one attached hydrogen (secondary N) is 1. The van der Waals surface area contributed by atoms with Crippen LogP contribution in [-0.2, 0) is 19.1 Å². The number of ether oxygens (including phenoxy) is 1. The highest BCUT2D eigenvalue weighted by Crippen LogP contribution is 1.98. The predicted octanol–water partition coefficient (Wildman–Crippen LogP) is 0.0411. The van der Waals surface area contributed by atoms with Crippen LogP contribution in [0.15, 0.2) is 0 Å². The molecule has 0 fully saturated rings. The van der Waals surface area contributed by atoms with E-state index >= 15 is 0 Å². The quantitative estimate of drug-likeness (QED) is 0.283. The van der Waals surface area contributed by atoms with Crippen molar-refractivity contribution in [1.82, 2.24) is 15.4 Å². The molecule has 0 radical (unpaired) electrons. The molecule has 0 aromatic heterocycles. The van der Waals surface area contributed by atoms with Crippen LogP contribution >= 0.6 is 0 Å². The maximum atomic E-state index is 12.2. The summed E-state index contributed by atoms with van der Waals surface area (Å²) in [5.41, 5.74) is 2.28. The summed E-state index contributed by atoms with van der Waals surface area (Å²) in [7, 11) is 0. The van der Waals surface area contributed by atoms with E-state index in [4.69, 9.17) is 5.84 Å².